The summed E-state index contributed by atoms with van der Waals surface area (Å²) >= 11 is 0. The molecule has 0 spiro atoms. The first-order valence-electron chi connectivity index (χ1n) is 4.72. The molecule has 82 valence electrons. The van der Waals surface area contributed by atoms with Crippen molar-refractivity contribution in [1.82, 2.24) is 0 Å². The molecular weight excluding hydrogens is 192 g/mol. The van der Waals surface area contributed by atoms with Gasteiger partial charge in [0, 0.05) is 12.7 Å². The smallest absolute Gasteiger partial charge is 0.188 e. The summed E-state index contributed by atoms with van der Waals surface area (Å²) in [7, 11) is 3.23. The van der Waals surface area contributed by atoms with Crippen molar-refractivity contribution in [2.75, 3.05) is 21.0 Å². The van der Waals surface area contributed by atoms with Gasteiger partial charge in [0.1, 0.15) is 11.5 Å². The summed E-state index contributed by atoms with van der Waals surface area (Å²) in [6.45, 7) is 3.94. The molecule has 0 saturated heterocycles. The van der Waals surface area contributed by atoms with E-state index in [4.69, 9.17) is 14.2 Å². The lowest BCUT2D eigenvalue weighted by Gasteiger charge is -2.12. The minimum atomic E-state index is 0.233. The van der Waals surface area contributed by atoms with Crippen LogP contribution in [0.15, 0.2) is 30.9 Å². The third kappa shape index (κ3) is 2.99. The standard InChI is InChI=1S/C12H16O3/c1-4-6-10-11(14-3)7-5-8-12(10)15-9-13-2/h4-5,7-8H,1,6,9H2,2-3H3. The van der Waals surface area contributed by atoms with Crippen LogP contribution in [0.4, 0.5) is 0 Å². The summed E-state index contributed by atoms with van der Waals surface area (Å²) in [4.78, 5) is 0. The first-order chi connectivity index (χ1) is 7.33. The molecule has 0 aliphatic heterocycles. The van der Waals surface area contributed by atoms with Gasteiger partial charge in [-0.2, -0.15) is 0 Å². The minimum absolute atomic E-state index is 0.233. The van der Waals surface area contributed by atoms with Crippen LogP contribution in [0.2, 0.25) is 0 Å². The average Bonchev–Trinajstić information content (AvgIpc) is 2.28. The fraction of sp³-hybridized carbons (Fsp3) is 0.333. The number of benzene rings is 1. The van der Waals surface area contributed by atoms with Gasteiger partial charge in [-0.05, 0) is 18.6 Å². The van der Waals surface area contributed by atoms with Crippen molar-refractivity contribution in [1.29, 1.82) is 0 Å². The van der Waals surface area contributed by atoms with E-state index in [0.717, 1.165) is 17.1 Å². The highest BCUT2D eigenvalue weighted by Gasteiger charge is 2.08. The average molecular weight is 208 g/mol. The second-order valence-electron chi connectivity index (χ2n) is 2.98. The van der Waals surface area contributed by atoms with E-state index >= 15 is 0 Å². The lowest BCUT2D eigenvalue weighted by Crippen LogP contribution is -2.02. The molecule has 0 heterocycles. The highest BCUT2D eigenvalue weighted by molar-refractivity contribution is 5.45. The summed E-state index contributed by atoms with van der Waals surface area (Å²) in [6.07, 6.45) is 2.53. The maximum Gasteiger partial charge on any atom is 0.188 e. The highest BCUT2D eigenvalue weighted by Crippen LogP contribution is 2.28. The molecule has 0 aromatic heterocycles. The molecule has 0 N–H and O–H groups in total. The Hall–Kier alpha value is -1.48. The number of ether oxygens (including phenoxy) is 3. The van der Waals surface area contributed by atoms with Crippen molar-refractivity contribution in [2.24, 2.45) is 0 Å². The van der Waals surface area contributed by atoms with E-state index in [1.807, 2.05) is 24.3 Å². The molecule has 1 rings (SSSR count). The van der Waals surface area contributed by atoms with Crippen molar-refractivity contribution in [2.45, 2.75) is 6.42 Å². The van der Waals surface area contributed by atoms with E-state index in [1.54, 1.807) is 14.2 Å². The molecule has 15 heavy (non-hydrogen) atoms. The second kappa shape index (κ2) is 6.09. The molecule has 1 aromatic rings. The van der Waals surface area contributed by atoms with Gasteiger partial charge in [-0.15, -0.1) is 6.58 Å². The van der Waals surface area contributed by atoms with Gasteiger partial charge in [-0.25, -0.2) is 0 Å². The molecule has 0 atom stereocenters. The van der Waals surface area contributed by atoms with Gasteiger partial charge in [0.05, 0.1) is 7.11 Å². The Morgan fingerprint density at radius 3 is 2.60 bits per heavy atom. The van der Waals surface area contributed by atoms with E-state index in [0.29, 0.717) is 6.42 Å². The molecule has 0 aliphatic rings. The Kier molecular flexibility index (Phi) is 4.71. The van der Waals surface area contributed by atoms with Crippen LogP contribution >= 0.6 is 0 Å². The van der Waals surface area contributed by atoms with E-state index in [9.17, 15) is 0 Å². The largest absolute Gasteiger partial charge is 0.496 e. The highest BCUT2D eigenvalue weighted by atomic mass is 16.7. The third-order valence-corrected chi connectivity index (χ3v) is 1.99. The summed E-state index contributed by atoms with van der Waals surface area (Å²) in [5.74, 6) is 1.58. The van der Waals surface area contributed by atoms with Crippen molar-refractivity contribution in [3.05, 3.63) is 36.4 Å². The molecule has 3 nitrogen and oxygen atoms in total. The third-order valence-electron chi connectivity index (χ3n) is 1.99. The Balaban J connectivity index is 2.95. The van der Waals surface area contributed by atoms with E-state index in [-0.39, 0.29) is 6.79 Å². The molecule has 3 heteroatoms. The molecule has 0 aliphatic carbocycles. The van der Waals surface area contributed by atoms with Gasteiger partial charge >= 0.3 is 0 Å². The topological polar surface area (TPSA) is 27.7 Å². The molecule has 0 bridgehead atoms. The zero-order valence-corrected chi connectivity index (χ0v) is 9.16. The quantitative estimate of drug-likeness (QED) is 0.530. The summed E-state index contributed by atoms with van der Waals surface area (Å²) in [5.41, 5.74) is 0.993. The van der Waals surface area contributed by atoms with Crippen molar-refractivity contribution in [3.63, 3.8) is 0 Å². The van der Waals surface area contributed by atoms with Crippen LogP contribution in [0.5, 0.6) is 11.5 Å². The fourth-order valence-corrected chi connectivity index (χ4v) is 1.34. The first kappa shape index (κ1) is 11.6. The zero-order valence-electron chi connectivity index (χ0n) is 9.16. The number of hydrogen-bond acceptors (Lipinski definition) is 3. The molecule has 0 radical (unpaired) electrons. The SMILES string of the molecule is C=CCc1c(OC)cccc1OCOC. The molecule has 0 saturated carbocycles. The second-order valence-corrected chi connectivity index (χ2v) is 2.98. The normalized spacial score (nSPS) is 9.73. The Bertz CT molecular complexity index is 321. The van der Waals surface area contributed by atoms with Crippen LogP contribution in [0, 0.1) is 0 Å². The number of methoxy groups -OCH3 is 2. The van der Waals surface area contributed by atoms with Crippen LogP contribution < -0.4 is 9.47 Å². The van der Waals surface area contributed by atoms with Crippen LogP contribution in [-0.2, 0) is 11.2 Å². The van der Waals surface area contributed by atoms with Crippen LogP contribution in [0.25, 0.3) is 0 Å². The maximum atomic E-state index is 5.43. The van der Waals surface area contributed by atoms with Gasteiger partial charge in [0.2, 0.25) is 0 Å². The Morgan fingerprint density at radius 1 is 1.27 bits per heavy atom. The molecular formula is C12H16O3. The fourth-order valence-electron chi connectivity index (χ4n) is 1.34. The van der Waals surface area contributed by atoms with Crippen LogP contribution in [0.1, 0.15) is 5.56 Å². The Labute approximate surface area is 90.3 Å². The van der Waals surface area contributed by atoms with E-state index in [2.05, 4.69) is 6.58 Å². The molecule has 1 aromatic carbocycles. The summed E-state index contributed by atoms with van der Waals surface area (Å²) in [5, 5.41) is 0. The minimum Gasteiger partial charge on any atom is -0.496 e. The zero-order chi connectivity index (χ0) is 11.1. The molecule has 0 amide bonds. The number of allylic oxidation sites excluding steroid dienone is 1. The van der Waals surface area contributed by atoms with Crippen LogP contribution in [0.3, 0.4) is 0 Å². The lowest BCUT2D eigenvalue weighted by atomic mass is 10.1. The van der Waals surface area contributed by atoms with E-state index < -0.39 is 0 Å². The predicted octanol–water partition coefficient (Wildman–Crippen LogP) is 2.41. The maximum absolute atomic E-state index is 5.43. The predicted molar refractivity (Wildman–Crippen MR) is 59.4 cm³/mol. The summed E-state index contributed by atoms with van der Waals surface area (Å²) < 4.78 is 15.5. The van der Waals surface area contributed by atoms with Gasteiger partial charge in [0.15, 0.2) is 6.79 Å². The van der Waals surface area contributed by atoms with Crippen LogP contribution in [-0.4, -0.2) is 21.0 Å². The number of hydrogen-bond donors (Lipinski definition) is 0. The van der Waals surface area contributed by atoms with Gasteiger partial charge in [-0.3, -0.25) is 0 Å². The van der Waals surface area contributed by atoms with Crippen molar-refractivity contribution in [3.8, 4) is 11.5 Å². The van der Waals surface area contributed by atoms with E-state index in [1.165, 1.54) is 0 Å². The summed E-state index contributed by atoms with van der Waals surface area (Å²) in [6, 6.07) is 5.68. The van der Waals surface area contributed by atoms with Crippen molar-refractivity contribution < 1.29 is 14.2 Å². The van der Waals surface area contributed by atoms with Gasteiger partial charge in [-0.1, -0.05) is 12.1 Å². The van der Waals surface area contributed by atoms with Gasteiger partial charge < -0.3 is 14.2 Å². The number of rotatable bonds is 6. The van der Waals surface area contributed by atoms with Crippen molar-refractivity contribution >= 4 is 0 Å². The Morgan fingerprint density at radius 2 is 2.00 bits per heavy atom. The molecule has 0 unspecified atom stereocenters. The lowest BCUT2D eigenvalue weighted by molar-refractivity contribution is 0.0503. The monoisotopic (exact) mass is 208 g/mol. The van der Waals surface area contributed by atoms with Gasteiger partial charge in [0.25, 0.3) is 0 Å². The first-order valence-corrected chi connectivity index (χ1v) is 4.72. The molecule has 0 fully saturated rings.